The second kappa shape index (κ2) is 16.4. The first-order chi connectivity index (χ1) is 7.13. The Balaban J connectivity index is -0.000000318. The van der Waals surface area contributed by atoms with E-state index in [0.717, 1.165) is 24.4 Å². The molecule has 2 atom stereocenters. The van der Waals surface area contributed by atoms with Crippen LogP contribution in [0, 0.1) is 17.8 Å². The minimum absolute atomic E-state index is 0.736. The highest BCUT2D eigenvalue weighted by atomic mass is 16.5. The van der Waals surface area contributed by atoms with Crippen LogP contribution in [-0.4, -0.2) is 13.7 Å². The maximum absolute atomic E-state index is 5.17. The number of hydrogen-bond acceptors (Lipinski definition) is 1. The Morgan fingerprint density at radius 3 is 1.53 bits per heavy atom. The van der Waals surface area contributed by atoms with Gasteiger partial charge in [-0.1, -0.05) is 61.8 Å². The van der Waals surface area contributed by atoms with E-state index in [1.165, 1.54) is 6.42 Å². The van der Waals surface area contributed by atoms with E-state index in [4.69, 9.17) is 4.74 Å². The average Bonchev–Trinajstić information content (AvgIpc) is 2.30. The molecule has 0 aliphatic heterocycles. The molecule has 0 aromatic carbocycles. The van der Waals surface area contributed by atoms with Crippen molar-refractivity contribution in [3.8, 4) is 0 Å². The van der Waals surface area contributed by atoms with Gasteiger partial charge in [0.25, 0.3) is 0 Å². The summed E-state index contributed by atoms with van der Waals surface area (Å²) >= 11 is 0. The molecule has 0 amide bonds. The summed E-state index contributed by atoms with van der Waals surface area (Å²) in [5, 5.41) is 0. The Kier molecular flexibility index (Phi) is 22.3. The topological polar surface area (TPSA) is 9.23 Å². The minimum atomic E-state index is 0.736. The third-order valence-corrected chi connectivity index (χ3v) is 2.70. The van der Waals surface area contributed by atoms with Gasteiger partial charge in [-0.15, -0.1) is 0 Å². The van der Waals surface area contributed by atoms with E-state index < -0.39 is 0 Å². The highest BCUT2D eigenvalue weighted by Gasteiger charge is 2.17. The fraction of sp³-hybridized carbons (Fsp3) is 1.00. The summed E-state index contributed by atoms with van der Waals surface area (Å²) in [6, 6.07) is 0. The molecule has 0 bridgehead atoms. The second-order valence-electron chi connectivity index (χ2n) is 3.73. The lowest BCUT2D eigenvalue weighted by Gasteiger charge is -2.24. The van der Waals surface area contributed by atoms with Gasteiger partial charge in [0.2, 0.25) is 0 Å². The fourth-order valence-corrected chi connectivity index (χ4v) is 1.40. The molecule has 1 heteroatoms. The zero-order valence-corrected chi connectivity index (χ0v) is 12.6. The van der Waals surface area contributed by atoms with Crippen LogP contribution in [0.5, 0.6) is 0 Å². The molecule has 0 radical (unpaired) electrons. The molecule has 0 saturated carbocycles. The minimum Gasteiger partial charge on any atom is -0.384 e. The molecule has 0 aliphatic rings. The number of ether oxygens (including phenoxy) is 1. The third-order valence-electron chi connectivity index (χ3n) is 2.70. The first-order valence-electron chi connectivity index (χ1n) is 6.62. The predicted octanol–water partition coefficient (Wildman–Crippen LogP) is 5.00. The van der Waals surface area contributed by atoms with Gasteiger partial charge in [0.15, 0.2) is 0 Å². The van der Waals surface area contributed by atoms with Gasteiger partial charge in [0, 0.05) is 13.7 Å². The first kappa shape index (κ1) is 20.4. The molecule has 0 aromatic rings. The molecule has 0 N–H and O–H groups in total. The van der Waals surface area contributed by atoms with Crippen LogP contribution in [0.4, 0.5) is 0 Å². The van der Waals surface area contributed by atoms with Gasteiger partial charge >= 0.3 is 0 Å². The van der Waals surface area contributed by atoms with Crippen molar-refractivity contribution in [1.82, 2.24) is 0 Å². The second-order valence-corrected chi connectivity index (χ2v) is 3.73. The lowest BCUT2D eigenvalue weighted by Crippen LogP contribution is -2.20. The molecule has 0 aromatic heterocycles. The van der Waals surface area contributed by atoms with E-state index in [1.54, 1.807) is 7.11 Å². The summed E-state index contributed by atoms with van der Waals surface area (Å²) in [4.78, 5) is 0. The van der Waals surface area contributed by atoms with Crippen molar-refractivity contribution in [2.75, 3.05) is 13.7 Å². The molecule has 15 heavy (non-hydrogen) atoms. The lowest BCUT2D eigenvalue weighted by molar-refractivity contribution is 0.107. The van der Waals surface area contributed by atoms with Crippen LogP contribution in [0.2, 0.25) is 0 Å². The van der Waals surface area contributed by atoms with Crippen LogP contribution in [0.25, 0.3) is 0 Å². The molecule has 2 unspecified atom stereocenters. The predicted molar refractivity (Wildman–Crippen MR) is 72.4 cm³/mol. The Morgan fingerprint density at radius 1 is 0.933 bits per heavy atom. The maximum atomic E-state index is 5.17. The molecule has 0 spiro atoms. The molecule has 0 aliphatic carbocycles. The van der Waals surface area contributed by atoms with E-state index in [2.05, 4.69) is 27.7 Å². The van der Waals surface area contributed by atoms with Gasteiger partial charge in [-0.05, 0) is 17.8 Å². The van der Waals surface area contributed by atoms with E-state index in [0.29, 0.717) is 0 Å². The molecule has 0 heterocycles. The Bertz CT molecular complexity index is 89.3. The van der Waals surface area contributed by atoms with E-state index in [-0.39, 0.29) is 0 Å². The third kappa shape index (κ3) is 11.9. The summed E-state index contributed by atoms with van der Waals surface area (Å²) in [5.74, 6) is 2.29. The zero-order chi connectivity index (χ0) is 12.9. The molecule has 0 fully saturated rings. The van der Waals surface area contributed by atoms with Crippen molar-refractivity contribution in [3.63, 3.8) is 0 Å². The van der Waals surface area contributed by atoms with Crippen LogP contribution in [0.3, 0.4) is 0 Å². The van der Waals surface area contributed by atoms with E-state index in [1.807, 2.05) is 27.7 Å². The van der Waals surface area contributed by atoms with Gasteiger partial charge in [-0.25, -0.2) is 0 Å². The standard InChI is InChI=1S/C10H22O.2C2H6/c1-6-10(7-11-5)9(4)8(2)3;2*1-2/h8-10H,6-7H2,1-5H3;2*1-2H3. The van der Waals surface area contributed by atoms with Crippen molar-refractivity contribution in [2.45, 2.75) is 61.8 Å². The van der Waals surface area contributed by atoms with Crippen LogP contribution in [0.15, 0.2) is 0 Å². The normalized spacial score (nSPS) is 13.2. The van der Waals surface area contributed by atoms with Crippen molar-refractivity contribution in [1.29, 1.82) is 0 Å². The van der Waals surface area contributed by atoms with Gasteiger partial charge in [0.1, 0.15) is 0 Å². The van der Waals surface area contributed by atoms with Crippen molar-refractivity contribution < 1.29 is 4.74 Å². The highest BCUT2D eigenvalue weighted by Crippen LogP contribution is 2.22. The lowest BCUT2D eigenvalue weighted by atomic mass is 9.84. The molecule has 96 valence electrons. The van der Waals surface area contributed by atoms with Gasteiger partial charge < -0.3 is 4.74 Å². The highest BCUT2D eigenvalue weighted by molar-refractivity contribution is 4.67. The van der Waals surface area contributed by atoms with Crippen molar-refractivity contribution in [2.24, 2.45) is 17.8 Å². The molecular formula is C14H34O. The zero-order valence-electron chi connectivity index (χ0n) is 12.6. The Morgan fingerprint density at radius 2 is 1.33 bits per heavy atom. The molecule has 1 nitrogen and oxygen atoms in total. The molecular weight excluding hydrogens is 184 g/mol. The van der Waals surface area contributed by atoms with Crippen molar-refractivity contribution in [3.05, 3.63) is 0 Å². The van der Waals surface area contributed by atoms with E-state index >= 15 is 0 Å². The van der Waals surface area contributed by atoms with E-state index in [9.17, 15) is 0 Å². The first-order valence-corrected chi connectivity index (χ1v) is 6.62. The van der Waals surface area contributed by atoms with Crippen molar-refractivity contribution >= 4 is 0 Å². The molecule has 0 rings (SSSR count). The maximum Gasteiger partial charge on any atom is 0.0493 e. The fourth-order valence-electron chi connectivity index (χ4n) is 1.40. The van der Waals surface area contributed by atoms with Gasteiger partial charge in [0.05, 0.1) is 0 Å². The summed E-state index contributed by atoms with van der Waals surface area (Å²) in [7, 11) is 1.79. The van der Waals surface area contributed by atoms with Gasteiger partial charge in [-0.3, -0.25) is 0 Å². The van der Waals surface area contributed by atoms with Gasteiger partial charge in [-0.2, -0.15) is 0 Å². The summed E-state index contributed by atoms with van der Waals surface area (Å²) in [5.41, 5.74) is 0. The summed E-state index contributed by atoms with van der Waals surface area (Å²) in [6.45, 7) is 18.0. The SMILES string of the molecule is CC.CC.CCC(COC)C(C)C(C)C. The number of rotatable bonds is 5. The number of hydrogen-bond donors (Lipinski definition) is 0. The quantitative estimate of drug-likeness (QED) is 0.630. The Hall–Kier alpha value is -0.0400. The Labute approximate surface area is 98.6 Å². The van der Waals surface area contributed by atoms with Crippen LogP contribution < -0.4 is 0 Å². The summed E-state index contributed by atoms with van der Waals surface area (Å²) in [6.07, 6.45) is 1.23. The smallest absolute Gasteiger partial charge is 0.0493 e. The average molecular weight is 218 g/mol. The van der Waals surface area contributed by atoms with Crippen LogP contribution in [0.1, 0.15) is 61.8 Å². The van der Waals surface area contributed by atoms with Crippen LogP contribution in [-0.2, 0) is 4.74 Å². The molecule has 0 saturated heterocycles. The monoisotopic (exact) mass is 218 g/mol. The summed E-state index contributed by atoms with van der Waals surface area (Å²) < 4.78 is 5.17. The largest absolute Gasteiger partial charge is 0.384 e. The van der Waals surface area contributed by atoms with Crippen LogP contribution >= 0.6 is 0 Å². The number of methoxy groups -OCH3 is 1.